The molecule has 2 nitrogen and oxygen atoms in total. The zero-order valence-corrected chi connectivity index (χ0v) is 10.4. The molecule has 0 heterocycles. The lowest BCUT2D eigenvalue weighted by Crippen LogP contribution is -2.53. The molecule has 0 fully saturated rings. The molecule has 1 aromatic carbocycles. The SMILES string of the molecule is CC(C)C1(N(C)C)Cc2ccccc2C1=O. The first kappa shape index (κ1) is 11.3. The molecule has 2 rings (SSSR count). The van der Waals surface area contributed by atoms with Crippen molar-refractivity contribution >= 4 is 5.78 Å². The van der Waals surface area contributed by atoms with Gasteiger partial charge in [-0.05, 0) is 32.0 Å². The van der Waals surface area contributed by atoms with Crippen LogP contribution in [0, 0.1) is 5.92 Å². The van der Waals surface area contributed by atoms with Crippen LogP contribution in [0.5, 0.6) is 0 Å². The van der Waals surface area contributed by atoms with Gasteiger partial charge in [0.05, 0.1) is 5.54 Å². The number of nitrogens with zero attached hydrogens (tertiary/aromatic N) is 1. The van der Waals surface area contributed by atoms with Gasteiger partial charge in [0.1, 0.15) is 0 Å². The van der Waals surface area contributed by atoms with Gasteiger partial charge >= 0.3 is 0 Å². The number of hydrogen-bond acceptors (Lipinski definition) is 2. The van der Waals surface area contributed by atoms with Gasteiger partial charge in [-0.25, -0.2) is 0 Å². The Balaban J connectivity index is 2.53. The van der Waals surface area contributed by atoms with Crippen molar-refractivity contribution in [1.82, 2.24) is 4.90 Å². The molecule has 0 amide bonds. The number of hydrogen-bond donors (Lipinski definition) is 0. The highest BCUT2D eigenvalue weighted by Crippen LogP contribution is 2.38. The van der Waals surface area contributed by atoms with Gasteiger partial charge in [-0.3, -0.25) is 9.69 Å². The minimum absolute atomic E-state index is 0.281. The van der Waals surface area contributed by atoms with E-state index in [2.05, 4.69) is 24.8 Å². The van der Waals surface area contributed by atoms with Crippen LogP contribution >= 0.6 is 0 Å². The van der Waals surface area contributed by atoms with Crippen molar-refractivity contribution < 1.29 is 4.79 Å². The van der Waals surface area contributed by atoms with Gasteiger partial charge in [-0.1, -0.05) is 38.1 Å². The first-order chi connectivity index (χ1) is 7.50. The first-order valence-corrected chi connectivity index (χ1v) is 5.80. The van der Waals surface area contributed by atoms with E-state index in [9.17, 15) is 4.79 Å². The summed E-state index contributed by atoms with van der Waals surface area (Å²) in [6.07, 6.45) is 0.840. The van der Waals surface area contributed by atoms with Crippen molar-refractivity contribution in [1.29, 1.82) is 0 Å². The number of Topliss-reactive ketones (excluding diaryl/α,β-unsaturated/α-hetero) is 1. The molecule has 0 saturated carbocycles. The predicted octanol–water partition coefficient (Wildman–Crippen LogP) is 2.38. The highest BCUT2D eigenvalue weighted by molar-refractivity contribution is 6.07. The van der Waals surface area contributed by atoms with Gasteiger partial charge in [-0.2, -0.15) is 0 Å². The van der Waals surface area contributed by atoms with Gasteiger partial charge in [0.2, 0.25) is 0 Å². The normalized spacial score (nSPS) is 24.2. The fraction of sp³-hybridized carbons (Fsp3) is 0.500. The fourth-order valence-electron chi connectivity index (χ4n) is 2.84. The standard InChI is InChI=1S/C14H19NO/c1-10(2)14(15(3)4)9-11-7-5-6-8-12(11)13(14)16/h5-8,10H,9H2,1-4H3. The minimum Gasteiger partial charge on any atom is -0.296 e. The van der Waals surface area contributed by atoms with Gasteiger partial charge in [0.25, 0.3) is 0 Å². The van der Waals surface area contributed by atoms with Crippen molar-refractivity contribution in [3.05, 3.63) is 35.4 Å². The molecule has 0 aliphatic heterocycles. The molecule has 16 heavy (non-hydrogen) atoms. The van der Waals surface area contributed by atoms with Gasteiger partial charge in [0, 0.05) is 5.56 Å². The smallest absolute Gasteiger partial charge is 0.183 e. The molecule has 0 radical (unpaired) electrons. The van der Waals surface area contributed by atoms with Crippen molar-refractivity contribution in [2.75, 3.05) is 14.1 Å². The molecule has 1 atom stereocenters. The summed E-state index contributed by atoms with van der Waals surface area (Å²) in [5.41, 5.74) is 1.75. The van der Waals surface area contributed by atoms with Gasteiger partial charge in [0.15, 0.2) is 5.78 Å². The second-order valence-corrected chi connectivity index (χ2v) is 5.14. The number of ketones is 1. The van der Waals surface area contributed by atoms with Crippen LogP contribution in [0.4, 0.5) is 0 Å². The maximum Gasteiger partial charge on any atom is 0.183 e. The molecule has 1 aliphatic carbocycles. The van der Waals surface area contributed by atoms with Crippen molar-refractivity contribution in [3.8, 4) is 0 Å². The van der Waals surface area contributed by atoms with Crippen LogP contribution in [0.2, 0.25) is 0 Å². The molecule has 0 bridgehead atoms. The molecule has 1 unspecified atom stereocenters. The lowest BCUT2D eigenvalue weighted by atomic mass is 9.81. The summed E-state index contributed by atoms with van der Waals surface area (Å²) < 4.78 is 0. The number of rotatable bonds is 2. The summed E-state index contributed by atoms with van der Waals surface area (Å²) in [5, 5.41) is 0. The Labute approximate surface area is 97.3 Å². The zero-order valence-electron chi connectivity index (χ0n) is 10.4. The third-order valence-corrected chi connectivity index (χ3v) is 3.87. The number of fused-ring (bicyclic) bond motifs is 1. The monoisotopic (exact) mass is 217 g/mol. The quantitative estimate of drug-likeness (QED) is 0.758. The third-order valence-electron chi connectivity index (χ3n) is 3.87. The van der Waals surface area contributed by atoms with Crippen LogP contribution in [0.3, 0.4) is 0 Å². The van der Waals surface area contributed by atoms with Gasteiger partial charge < -0.3 is 0 Å². The second kappa shape index (κ2) is 3.70. The highest BCUT2D eigenvalue weighted by Gasteiger charge is 2.49. The molecule has 86 valence electrons. The Kier molecular flexibility index (Phi) is 2.62. The molecular weight excluding hydrogens is 198 g/mol. The minimum atomic E-state index is -0.344. The van der Waals surface area contributed by atoms with E-state index >= 15 is 0 Å². The van der Waals surface area contributed by atoms with Crippen molar-refractivity contribution in [2.45, 2.75) is 25.8 Å². The number of benzene rings is 1. The number of carbonyl (C=O) groups excluding carboxylic acids is 1. The van der Waals surface area contributed by atoms with E-state index in [4.69, 9.17) is 0 Å². The molecule has 0 spiro atoms. The Morgan fingerprint density at radius 3 is 2.38 bits per heavy atom. The Hall–Kier alpha value is -1.15. The summed E-state index contributed by atoms with van der Waals surface area (Å²) in [6.45, 7) is 4.26. The van der Waals surface area contributed by atoms with Crippen LogP contribution < -0.4 is 0 Å². The lowest BCUT2D eigenvalue weighted by Gasteiger charge is -2.38. The maximum absolute atomic E-state index is 12.6. The van der Waals surface area contributed by atoms with Crippen LogP contribution in [-0.2, 0) is 6.42 Å². The summed E-state index contributed by atoms with van der Waals surface area (Å²) in [5.74, 6) is 0.602. The van der Waals surface area contributed by atoms with E-state index in [-0.39, 0.29) is 11.3 Å². The summed E-state index contributed by atoms with van der Waals surface area (Å²) >= 11 is 0. The summed E-state index contributed by atoms with van der Waals surface area (Å²) in [4.78, 5) is 14.6. The van der Waals surface area contributed by atoms with E-state index in [1.54, 1.807) is 0 Å². The van der Waals surface area contributed by atoms with E-state index < -0.39 is 0 Å². The lowest BCUT2D eigenvalue weighted by molar-refractivity contribution is 0.0586. The maximum atomic E-state index is 12.6. The fourth-order valence-corrected chi connectivity index (χ4v) is 2.84. The van der Waals surface area contributed by atoms with Crippen molar-refractivity contribution in [2.24, 2.45) is 5.92 Å². The highest BCUT2D eigenvalue weighted by atomic mass is 16.1. The van der Waals surface area contributed by atoms with Crippen LogP contribution in [-0.4, -0.2) is 30.3 Å². The van der Waals surface area contributed by atoms with Crippen LogP contribution in [0.1, 0.15) is 29.8 Å². The summed E-state index contributed by atoms with van der Waals surface area (Å²) in [6, 6.07) is 7.98. The van der Waals surface area contributed by atoms with E-state index in [1.807, 2.05) is 32.3 Å². The topological polar surface area (TPSA) is 20.3 Å². The molecule has 0 N–H and O–H groups in total. The first-order valence-electron chi connectivity index (χ1n) is 5.80. The van der Waals surface area contributed by atoms with Crippen LogP contribution in [0.15, 0.2) is 24.3 Å². The number of carbonyl (C=O) groups is 1. The number of likely N-dealkylation sites (N-methyl/N-ethyl adjacent to an activating group) is 1. The van der Waals surface area contributed by atoms with E-state index in [1.165, 1.54) is 5.56 Å². The van der Waals surface area contributed by atoms with E-state index in [0.717, 1.165) is 12.0 Å². The van der Waals surface area contributed by atoms with Crippen LogP contribution in [0.25, 0.3) is 0 Å². The summed E-state index contributed by atoms with van der Waals surface area (Å²) in [7, 11) is 4.01. The average Bonchev–Trinajstić information content (AvgIpc) is 2.54. The van der Waals surface area contributed by atoms with Gasteiger partial charge in [-0.15, -0.1) is 0 Å². The largest absolute Gasteiger partial charge is 0.296 e. The van der Waals surface area contributed by atoms with Crippen molar-refractivity contribution in [3.63, 3.8) is 0 Å². The molecule has 1 aliphatic rings. The zero-order chi connectivity index (χ0) is 11.9. The Morgan fingerprint density at radius 1 is 1.25 bits per heavy atom. The predicted molar refractivity (Wildman–Crippen MR) is 65.7 cm³/mol. The Morgan fingerprint density at radius 2 is 1.88 bits per heavy atom. The molecule has 1 aromatic rings. The molecular formula is C14H19NO. The molecule has 2 heteroatoms. The molecule has 0 aromatic heterocycles. The average molecular weight is 217 g/mol. The molecule has 0 saturated heterocycles. The van der Waals surface area contributed by atoms with E-state index in [0.29, 0.717) is 5.92 Å². The second-order valence-electron chi connectivity index (χ2n) is 5.14. The Bertz CT molecular complexity index is 412. The third kappa shape index (κ3) is 1.33.